The molecule has 2 unspecified atom stereocenters. The highest BCUT2D eigenvalue weighted by Gasteiger charge is 2.43. The molecule has 1 rings (SSSR count). The van der Waals surface area contributed by atoms with Gasteiger partial charge in [0.15, 0.2) is 0 Å². The van der Waals surface area contributed by atoms with Crippen LogP contribution in [0.3, 0.4) is 0 Å². The lowest BCUT2D eigenvalue weighted by atomic mass is 10.5. The van der Waals surface area contributed by atoms with E-state index in [1.807, 2.05) is 19.6 Å². The van der Waals surface area contributed by atoms with E-state index in [-0.39, 0.29) is 0 Å². The van der Waals surface area contributed by atoms with E-state index in [4.69, 9.17) is 16.8 Å². The Kier molecular flexibility index (Phi) is 4.29. The van der Waals surface area contributed by atoms with Crippen molar-refractivity contribution < 1.29 is 16.8 Å². The second-order valence-electron chi connectivity index (χ2n) is 3.22. The molecule has 1 fully saturated rings. The third-order valence-corrected chi connectivity index (χ3v) is 11.6. The van der Waals surface area contributed by atoms with Crippen LogP contribution in [-0.2, 0) is 16.8 Å². The van der Waals surface area contributed by atoms with Crippen LogP contribution in [0.2, 0.25) is 19.6 Å². The molecule has 0 aliphatic carbocycles. The molecule has 0 aromatic heterocycles. The molecule has 0 N–H and O–H groups in total. The molecule has 0 saturated carbocycles. The van der Waals surface area contributed by atoms with Crippen LogP contribution in [0.5, 0.6) is 0 Å². The van der Waals surface area contributed by atoms with Gasteiger partial charge in [-0.2, -0.15) is 0 Å². The molecule has 7 heteroatoms. The Labute approximate surface area is 84.2 Å². The molecule has 0 spiro atoms. The van der Waals surface area contributed by atoms with Crippen molar-refractivity contribution >= 4 is 27.4 Å². The van der Waals surface area contributed by atoms with E-state index in [2.05, 4.69) is 6.92 Å². The number of hydrogen-bond acceptors (Lipinski definition) is 4. The first-order valence-electron chi connectivity index (χ1n) is 4.71. The van der Waals surface area contributed by atoms with Gasteiger partial charge in [-0.25, -0.2) is 0 Å². The average molecular weight is 238 g/mol. The Bertz CT molecular complexity index is 158. The van der Waals surface area contributed by atoms with Gasteiger partial charge >= 0.3 is 27.4 Å². The highest BCUT2D eigenvalue weighted by Crippen LogP contribution is 2.18. The van der Waals surface area contributed by atoms with Crippen LogP contribution in [-0.4, -0.2) is 34.0 Å². The monoisotopic (exact) mass is 238 g/mol. The van der Waals surface area contributed by atoms with Crippen molar-refractivity contribution in [1.82, 2.24) is 0 Å². The van der Waals surface area contributed by atoms with Gasteiger partial charge in [0.1, 0.15) is 0 Å². The highest BCUT2D eigenvalue weighted by atomic mass is 28.5. The van der Waals surface area contributed by atoms with Gasteiger partial charge in [0.2, 0.25) is 0 Å². The number of hydrogen-bond donors (Lipinski definition) is 0. The van der Waals surface area contributed by atoms with E-state index in [1.165, 1.54) is 0 Å². The van der Waals surface area contributed by atoms with Crippen molar-refractivity contribution in [3.8, 4) is 0 Å². The van der Waals surface area contributed by atoms with Crippen molar-refractivity contribution in [3.63, 3.8) is 0 Å². The van der Waals surface area contributed by atoms with Gasteiger partial charge in [-0.15, -0.1) is 0 Å². The molecule has 2 atom stereocenters. The van der Waals surface area contributed by atoms with Gasteiger partial charge in [0.25, 0.3) is 0 Å². The van der Waals surface area contributed by atoms with Crippen LogP contribution < -0.4 is 0 Å². The smallest absolute Gasteiger partial charge is 0.420 e. The lowest BCUT2D eigenvalue weighted by Gasteiger charge is -2.37. The largest absolute Gasteiger partial charge is 0.479 e. The van der Waals surface area contributed by atoms with E-state index in [1.54, 1.807) is 0 Å². The zero-order valence-corrected chi connectivity index (χ0v) is 12.0. The third-order valence-electron chi connectivity index (χ3n) is 1.71. The summed E-state index contributed by atoms with van der Waals surface area (Å²) in [7, 11) is -5.18. The van der Waals surface area contributed by atoms with E-state index < -0.39 is 27.4 Å². The fourth-order valence-corrected chi connectivity index (χ4v) is 11.6. The predicted octanol–water partition coefficient (Wildman–Crippen LogP) is 0.746. The molecule has 1 aliphatic rings. The van der Waals surface area contributed by atoms with Crippen LogP contribution in [0.4, 0.5) is 0 Å². The second-order valence-corrected chi connectivity index (χ2v) is 10.5. The maximum absolute atomic E-state index is 5.69. The minimum atomic E-state index is -2.29. The summed E-state index contributed by atoms with van der Waals surface area (Å²) in [6.07, 6.45) is 1.00. The summed E-state index contributed by atoms with van der Waals surface area (Å²) in [5, 5.41) is 0. The molecule has 0 radical (unpaired) electrons. The minimum Gasteiger partial charge on any atom is -0.420 e. The van der Waals surface area contributed by atoms with Crippen molar-refractivity contribution in [3.05, 3.63) is 0 Å². The van der Waals surface area contributed by atoms with E-state index >= 15 is 0 Å². The molecular formula is C6H18O4Si3. The third kappa shape index (κ3) is 3.62. The molecule has 1 aliphatic heterocycles. The lowest BCUT2D eigenvalue weighted by Crippen LogP contribution is -2.56. The van der Waals surface area contributed by atoms with Crippen LogP contribution >= 0.6 is 0 Å². The van der Waals surface area contributed by atoms with Crippen LogP contribution in [0.15, 0.2) is 0 Å². The maximum atomic E-state index is 5.69. The molecule has 4 nitrogen and oxygen atoms in total. The van der Waals surface area contributed by atoms with Crippen LogP contribution in [0.1, 0.15) is 13.3 Å². The summed E-state index contributed by atoms with van der Waals surface area (Å²) in [5.41, 5.74) is 0. The van der Waals surface area contributed by atoms with Crippen molar-refractivity contribution in [2.24, 2.45) is 0 Å². The first kappa shape index (κ1) is 11.6. The topological polar surface area (TPSA) is 36.9 Å². The summed E-state index contributed by atoms with van der Waals surface area (Å²) in [4.78, 5) is 0. The van der Waals surface area contributed by atoms with E-state index in [9.17, 15) is 0 Å². The van der Waals surface area contributed by atoms with Gasteiger partial charge < -0.3 is 16.8 Å². The lowest BCUT2D eigenvalue weighted by molar-refractivity contribution is 0.133. The zero-order valence-electron chi connectivity index (χ0n) is 8.70. The summed E-state index contributed by atoms with van der Waals surface area (Å²) in [6, 6.07) is 0. The quantitative estimate of drug-likeness (QED) is 0.680. The summed E-state index contributed by atoms with van der Waals surface area (Å²) in [6.45, 7) is 8.85. The van der Waals surface area contributed by atoms with Crippen molar-refractivity contribution in [1.29, 1.82) is 0 Å². The Balaban J connectivity index is 2.45. The summed E-state index contributed by atoms with van der Waals surface area (Å²) < 4.78 is 22.6. The summed E-state index contributed by atoms with van der Waals surface area (Å²) >= 11 is 0. The highest BCUT2D eigenvalue weighted by molar-refractivity contribution is 6.78. The maximum Gasteiger partial charge on any atom is 0.479 e. The Hall–Kier alpha value is 0.491. The molecule has 0 aromatic carbocycles. The predicted molar refractivity (Wildman–Crippen MR) is 57.1 cm³/mol. The molecule has 0 bridgehead atoms. The fraction of sp³-hybridized carbons (Fsp3) is 1.00. The van der Waals surface area contributed by atoms with Crippen molar-refractivity contribution in [2.45, 2.75) is 33.0 Å². The minimum absolute atomic E-state index is 0.727. The number of rotatable bonds is 3. The van der Waals surface area contributed by atoms with E-state index in [0.29, 0.717) is 0 Å². The molecular weight excluding hydrogens is 220 g/mol. The van der Waals surface area contributed by atoms with Crippen molar-refractivity contribution in [2.75, 3.05) is 6.61 Å². The second kappa shape index (κ2) is 4.82. The Morgan fingerprint density at radius 2 is 1.77 bits per heavy atom. The first-order valence-corrected chi connectivity index (χ1v) is 11.1. The fourth-order valence-electron chi connectivity index (χ4n) is 1.31. The Morgan fingerprint density at radius 1 is 1.23 bits per heavy atom. The molecule has 1 saturated heterocycles. The standard InChI is InChI=1S/C6H18O4Si3/c1-5-6-7-13(4)9-11(2)8-12(3)10-13/h11-12H,5-6H2,1-4H3. The zero-order chi connectivity index (χ0) is 9.90. The van der Waals surface area contributed by atoms with Crippen LogP contribution in [0, 0.1) is 0 Å². The van der Waals surface area contributed by atoms with Crippen LogP contribution in [0.25, 0.3) is 0 Å². The van der Waals surface area contributed by atoms with Gasteiger partial charge in [-0.3, -0.25) is 0 Å². The summed E-state index contributed by atoms with van der Waals surface area (Å²) in [5.74, 6) is 0. The molecule has 0 aromatic rings. The molecule has 1 heterocycles. The molecule has 78 valence electrons. The SMILES string of the molecule is CCCO[Si]1(C)O[SiH](C)O[SiH](C)O1. The first-order chi connectivity index (χ1) is 6.06. The molecule has 0 amide bonds. The van der Waals surface area contributed by atoms with Gasteiger partial charge in [-0.05, 0) is 19.5 Å². The average Bonchev–Trinajstić information content (AvgIpc) is 1.98. The normalized spacial score (nSPS) is 40.6. The molecule has 13 heavy (non-hydrogen) atoms. The van der Waals surface area contributed by atoms with Gasteiger partial charge in [0.05, 0.1) is 0 Å². The Morgan fingerprint density at radius 3 is 2.23 bits per heavy atom. The van der Waals surface area contributed by atoms with E-state index in [0.717, 1.165) is 13.0 Å². The van der Waals surface area contributed by atoms with Gasteiger partial charge in [-0.1, -0.05) is 6.92 Å². The van der Waals surface area contributed by atoms with Gasteiger partial charge in [0, 0.05) is 13.2 Å².